The summed E-state index contributed by atoms with van der Waals surface area (Å²) < 4.78 is 11.4. The summed E-state index contributed by atoms with van der Waals surface area (Å²) in [6, 6.07) is -0.100. The van der Waals surface area contributed by atoms with Crippen molar-refractivity contribution >= 4 is 6.09 Å². The molecular formula is C17H33NO4. The molecule has 0 aliphatic carbocycles. The fourth-order valence-corrected chi connectivity index (χ4v) is 3.14. The molecular weight excluding hydrogens is 282 g/mol. The highest BCUT2D eigenvalue weighted by molar-refractivity contribution is 5.69. The second-order valence-electron chi connectivity index (χ2n) is 8.66. The molecule has 0 aromatic rings. The molecule has 0 aromatic heterocycles. The average Bonchev–Trinajstić information content (AvgIpc) is 2.57. The van der Waals surface area contributed by atoms with Crippen LogP contribution in [0.25, 0.3) is 0 Å². The molecule has 0 aromatic carbocycles. The van der Waals surface area contributed by atoms with Crippen LogP contribution in [0.3, 0.4) is 0 Å². The number of rotatable bonds is 3. The normalized spacial score (nSPS) is 23.5. The molecule has 0 unspecified atom stereocenters. The second-order valence-corrected chi connectivity index (χ2v) is 8.66. The van der Waals surface area contributed by atoms with Crippen molar-refractivity contribution in [3.63, 3.8) is 0 Å². The van der Waals surface area contributed by atoms with Crippen LogP contribution < -0.4 is 0 Å². The van der Waals surface area contributed by atoms with Gasteiger partial charge in [-0.05, 0) is 52.4 Å². The first-order valence-corrected chi connectivity index (χ1v) is 8.07. The lowest BCUT2D eigenvalue weighted by molar-refractivity contribution is -0.0672. The molecule has 5 nitrogen and oxygen atoms in total. The largest absolute Gasteiger partial charge is 0.444 e. The van der Waals surface area contributed by atoms with E-state index in [0.29, 0.717) is 13.0 Å². The van der Waals surface area contributed by atoms with Crippen LogP contribution >= 0.6 is 0 Å². The Kier molecular flexibility index (Phi) is 5.56. The molecule has 0 radical (unpaired) electrons. The summed E-state index contributed by atoms with van der Waals surface area (Å²) in [4.78, 5) is 14.4. The van der Waals surface area contributed by atoms with E-state index in [-0.39, 0.29) is 30.1 Å². The van der Waals surface area contributed by atoms with Gasteiger partial charge in [-0.15, -0.1) is 0 Å². The molecule has 22 heavy (non-hydrogen) atoms. The highest BCUT2D eigenvalue weighted by atomic mass is 16.6. The predicted molar refractivity (Wildman–Crippen MR) is 86.5 cm³/mol. The summed E-state index contributed by atoms with van der Waals surface area (Å²) in [5.74, 6) is 0.131. The zero-order valence-corrected chi connectivity index (χ0v) is 15.4. The van der Waals surface area contributed by atoms with Crippen molar-refractivity contribution in [1.82, 2.24) is 4.90 Å². The van der Waals surface area contributed by atoms with Crippen LogP contribution in [0, 0.1) is 11.3 Å². The van der Waals surface area contributed by atoms with E-state index in [0.717, 1.165) is 0 Å². The highest BCUT2D eigenvalue weighted by Crippen LogP contribution is 2.40. The molecule has 0 saturated carbocycles. The molecule has 130 valence electrons. The van der Waals surface area contributed by atoms with Gasteiger partial charge < -0.3 is 14.6 Å². The molecule has 1 fully saturated rings. The maximum Gasteiger partial charge on any atom is 0.412 e. The molecule has 0 bridgehead atoms. The SMILES string of the molecule is CC(C)(C)OC(=O)N1[C@H]([C@@H](CCO)C(C)(C)C)COC1(C)C. The molecule has 1 amide bonds. The van der Waals surface area contributed by atoms with Gasteiger partial charge in [0.15, 0.2) is 0 Å². The Morgan fingerprint density at radius 1 is 1.32 bits per heavy atom. The van der Waals surface area contributed by atoms with Crippen molar-refractivity contribution < 1.29 is 19.4 Å². The van der Waals surface area contributed by atoms with Gasteiger partial charge >= 0.3 is 6.09 Å². The Morgan fingerprint density at radius 2 is 1.86 bits per heavy atom. The zero-order chi connectivity index (χ0) is 17.3. The number of amides is 1. The van der Waals surface area contributed by atoms with Crippen molar-refractivity contribution in [3.05, 3.63) is 0 Å². The topological polar surface area (TPSA) is 59.0 Å². The van der Waals surface area contributed by atoms with Crippen molar-refractivity contribution in [3.8, 4) is 0 Å². The number of carbonyl (C=O) groups is 1. The van der Waals surface area contributed by atoms with E-state index in [2.05, 4.69) is 20.8 Å². The Balaban J connectivity index is 3.09. The lowest BCUT2D eigenvalue weighted by atomic mass is 9.74. The van der Waals surface area contributed by atoms with E-state index in [1.165, 1.54) is 0 Å². The number of hydrogen-bond acceptors (Lipinski definition) is 4. The van der Waals surface area contributed by atoms with Crippen molar-refractivity contribution in [1.29, 1.82) is 0 Å². The van der Waals surface area contributed by atoms with E-state index < -0.39 is 11.3 Å². The van der Waals surface area contributed by atoms with Crippen LogP contribution in [0.4, 0.5) is 4.79 Å². The van der Waals surface area contributed by atoms with Crippen LogP contribution in [0.2, 0.25) is 0 Å². The van der Waals surface area contributed by atoms with Gasteiger partial charge in [-0.25, -0.2) is 4.79 Å². The van der Waals surface area contributed by atoms with Gasteiger partial charge in [0, 0.05) is 6.61 Å². The van der Waals surface area contributed by atoms with Crippen molar-refractivity contribution in [2.24, 2.45) is 11.3 Å². The third-order valence-electron chi connectivity index (χ3n) is 4.13. The summed E-state index contributed by atoms with van der Waals surface area (Å²) >= 11 is 0. The standard InChI is InChI=1S/C17H33NO4/c1-15(2,3)12(9-10-19)13-11-21-17(7,8)18(13)14(20)22-16(4,5)6/h12-13,19H,9-11H2,1-8H3/t12-,13+/m1/s1. The van der Waals surface area contributed by atoms with E-state index in [4.69, 9.17) is 9.47 Å². The monoisotopic (exact) mass is 315 g/mol. The fourth-order valence-electron chi connectivity index (χ4n) is 3.14. The first-order chi connectivity index (χ1) is 9.79. The van der Waals surface area contributed by atoms with Crippen LogP contribution in [-0.2, 0) is 9.47 Å². The van der Waals surface area contributed by atoms with Gasteiger partial charge in [0.05, 0.1) is 12.6 Å². The predicted octanol–water partition coefficient (Wildman–Crippen LogP) is 3.40. The van der Waals surface area contributed by atoms with E-state index in [9.17, 15) is 9.90 Å². The van der Waals surface area contributed by atoms with E-state index in [1.807, 2.05) is 34.6 Å². The lowest BCUT2D eigenvalue weighted by Crippen LogP contribution is -2.53. The Morgan fingerprint density at radius 3 is 2.27 bits per heavy atom. The number of aliphatic hydroxyl groups excluding tert-OH is 1. The third-order valence-corrected chi connectivity index (χ3v) is 4.13. The van der Waals surface area contributed by atoms with Crippen LogP contribution in [0.1, 0.15) is 61.8 Å². The van der Waals surface area contributed by atoms with Crippen molar-refractivity contribution in [2.45, 2.75) is 79.2 Å². The van der Waals surface area contributed by atoms with Gasteiger partial charge in [-0.1, -0.05) is 20.8 Å². The van der Waals surface area contributed by atoms with Gasteiger partial charge in [0.2, 0.25) is 0 Å². The molecule has 1 heterocycles. The summed E-state index contributed by atoms with van der Waals surface area (Å²) in [7, 11) is 0. The second kappa shape index (κ2) is 6.36. The summed E-state index contributed by atoms with van der Waals surface area (Å²) in [6.45, 7) is 16.3. The van der Waals surface area contributed by atoms with Crippen LogP contribution in [-0.4, -0.2) is 46.7 Å². The third kappa shape index (κ3) is 4.59. The van der Waals surface area contributed by atoms with Crippen LogP contribution in [0.15, 0.2) is 0 Å². The molecule has 0 spiro atoms. The lowest BCUT2D eigenvalue weighted by Gasteiger charge is -2.41. The molecule has 2 atom stereocenters. The quantitative estimate of drug-likeness (QED) is 0.867. The maximum absolute atomic E-state index is 12.7. The number of hydrogen-bond donors (Lipinski definition) is 1. The van der Waals surface area contributed by atoms with Gasteiger partial charge in [0.1, 0.15) is 11.3 Å². The molecule has 1 aliphatic rings. The molecule has 5 heteroatoms. The summed E-state index contributed by atoms with van der Waals surface area (Å²) in [5.41, 5.74) is -1.29. The van der Waals surface area contributed by atoms with E-state index >= 15 is 0 Å². The maximum atomic E-state index is 12.7. The Labute approximate surface area is 135 Å². The fraction of sp³-hybridized carbons (Fsp3) is 0.941. The van der Waals surface area contributed by atoms with Crippen molar-refractivity contribution in [2.75, 3.05) is 13.2 Å². The van der Waals surface area contributed by atoms with Gasteiger partial charge in [-0.3, -0.25) is 4.90 Å². The average molecular weight is 315 g/mol. The minimum atomic E-state index is -0.702. The molecule has 1 aliphatic heterocycles. The van der Waals surface area contributed by atoms with E-state index in [1.54, 1.807) is 4.90 Å². The first-order valence-electron chi connectivity index (χ1n) is 8.07. The van der Waals surface area contributed by atoms with Crippen LogP contribution in [0.5, 0.6) is 0 Å². The smallest absolute Gasteiger partial charge is 0.412 e. The Bertz CT molecular complexity index is 392. The number of carbonyl (C=O) groups excluding carboxylic acids is 1. The number of aliphatic hydroxyl groups is 1. The molecule has 1 N–H and O–H groups in total. The number of nitrogens with zero attached hydrogens (tertiary/aromatic N) is 1. The highest BCUT2D eigenvalue weighted by Gasteiger charge is 2.50. The number of ether oxygens (including phenoxy) is 2. The Hall–Kier alpha value is -0.810. The first kappa shape index (κ1) is 19.2. The van der Waals surface area contributed by atoms with Gasteiger partial charge in [0.25, 0.3) is 0 Å². The minimum Gasteiger partial charge on any atom is -0.444 e. The minimum absolute atomic E-state index is 0.0442. The molecule has 1 saturated heterocycles. The van der Waals surface area contributed by atoms with Gasteiger partial charge in [-0.2, -0.15) is 0 Å². The summed E-state index contributed by atoms with van der Waals surface area (Å²) in [6.07, 6.45) is 0.277. The molecule has 1 rings (SSSR count). The summed E-state index contributed by atoms with van der Waals surface area (Å²) in [5, 5.41) is 9.43. The zero-order valence-electron chi connectivity index (χ0n) is 15.4.